The highest BCUT2D eigenvalue weighted by molar-refractivity contribution is 5.51. The first-order chi connectivity index (χ1) is 9.50. The van der Waals surface area contributed by atoms with Crippen molar-refractivity contribution in [3.05, 3.63) is 33.9 Å². The third-order valence-corrected chi connectivity index (χ3v) is 3.27. The number of nitriles is 2. The van der Waals surface area contributed by atoms with Crippen molar-refractivity contribution >= 4 is 5.69 Å². The first kappa shape index (κ1) is 13.8. The molecule has 7 nitrogen and oxygen atoms in total. The third kappa shape index (κ3) is 2.68. The number of rotatable bonds is 5. The molecule has 1 fully saturated rings. The molecule has 1 aromatic carbocycles. The maximum Gasteiger partial charge on any atom is 0.312 e. The molecule has 7 heteroatoms. The van der Waals surface area contributed by atoms with Gasteiger partial charge in [0.1, 0.15) is 12.1 Å². The Hall–Kier alpha value is -2.64. The zero-order valence-electron chi connectivity index (χ0n) is 10.6. The Morgan fingerprint density at radius 3 is 2.70 bits per heavy atom. The molecular formula is C13H12N4O3. The van der Waals surface area contributed by atoms with Crippen molar-refractivity contribution in [1.29, 1.82) is 10.5 Å². The van der Waals surface area contributed by atoms with Crippen LogP contribution >= 0.6 is 0 Å². The number of nitrogens with zero attached hydrogens (tertiary/aromatic N) is 3. The second-order valence-electron chi connectivity index (χ2n) is 4.77. The van der Waals surface area contributed by atoms with Gasteiger partial charge in [-0.05, 0) is 30.9 Å². The normalized spacial score (nSPS) is 16.6. The Morgan fingerprint density at radius 2 is 2.20 bits per heavy atom. The van der Waals surface area contributed by atoms with Crippen molar-refractivity contribution in [3.63, 3.8) is 0 Å². The molecule has 1 unspecified atom stereocenters. The molecule has 0 aliphatic heterocycles. The molecule has 0 amide bonds. The van der Waals surface area contributed by atoms with Gasteiger partial charge in [0.05, 0.1) is 22.6 Å². The molecular weight excluding hydrogens is 260 g/mol. The van der Waals surface area contributed by atoms with Crippen LogP contribution in [0.3, 0.4) is 0 Å². The average Bonchev–Trinajstić information content (AvgIpc) is 3.29. The van der Waals surface area contributed by atoms with Crippen LogP contribution in [0.4, 0.5) is 5.69 Å². The second kappa shape index (κ2) is 5.16. The lowest BCUT2D eigenvalue weighted by Gasteiger charge is -2.21. The van der Waals surface area contributed by atoms with Crippen molar-refractivity contribution in [2.45, 2.75) is 18.4 Å². The largest absolute Gasteiger partial charge is 0.484 e. The first-order valence-corrected chi connectivity index (χ1v) is 6.01. The first-order valence-electron chi connectivity index (χ1n) is 6.01. The SMILES string of the molecule is N#Cc1ccc(OCC(N)(C#N)C2CC2)c([N+](=O)[O-])c1. The molecule has 0 bridgehead atoms. The van der Waals surface area contributed by atoms with E-state index in [-0.39, 0.29) is 29.5 Å². The predicted molar refractivity (Wildman–Crippen MR) is 68.6 cm³/mol. The van der Waals surface area contributed by atoms with Crippen LogP contribution in [0.15, 0.2) is 18.2 Å². The summed E-state index contributed by atoms with van der Waals surface area (Å²) < 4.78 is 5.36. The Morgan fingerprint density at radius 1 is 1.50 bits per heavy atom. The van der Waals surface area contributed by atoms with Gasteiger partial charge in [0, 0.05) is 6.07 Å². The summed E-state index contributed by atoms with van der Waals surface area (Å²) in [5.41, 5.74) is 4.67. The van der Waals surface area contributed by atoms with Crippen LogP contribution in [0.2, 0.25) is 0 Å². The van der Waals surface area contributed by atoms with Crippen molar-refractivity contribution < 1.29 is 9.66 Å². The summed E-state index contributed by atoms with van der Waals surface area (Å²) in [4.78, 5) is 10.3. The van der Waals surface area contributed by atoms with Gasteiger partial charge in [-0.3, -0.25) is 10.1 Å². The Balaban J connectivity index is 2.19. The Bertz CT molecular complexity index is 627. The quantitative estimate of drug-likeness (QED) is 0.638. The van der Waals surface area contributed by atoms with Crippen LogP contribution in [-0.2, 0) is 0 Å². The van der Waals surface area contributed by atoms with Crippen LogP contribution in [0.5, 0.6) is 5.75 Å². The van der Waals surface area contributed by atoms with E-state index in [1.165, 1.54) is 12.1 Å². The zero-order valence-corrected chi connectivity index (χ0v) is 10.6. The lowest BCUT2D eigenvalue weighted by atomic mass is 9.98. The Kier molecular flexibility index (Phi) is 3.55. The molecule has 0 heterocycles. The lowest BCUT2D eigenvalue weighted by Crippen LogP contribution is -2.46. The third-order valence-electron chi connectivity index (χ3n) is 3.27. The minimum Gasteiger partial charge on any atom is -0.484 e. The van der Waals surface area contributed by atoms with E-state index in [9.17, 15) is 10.1 Å². The molecule has 20 heavy (non-hydrogen) atoms. The van der Waals surface area contributed by atoms with E-state index in [4.69, 9.17) is 21.0 Å². The number of nitro benzene ring substituents is 1. The van der Waals surface area contributed by atoms with E-state index in [0.29, 0.717) is 0 Å². The molecule has 2 rings (SSSR count). The van der Waals surface area contributed by atoms with E-state index >= 15 is 0 Å². The van der Waals surface area contributed by atoms with Crippen LogP contribution in [0, 0.1) is 38.7 Å². The standard InChI is InChI=1S/C13H12N4O3/c14-6-9-1-4-12(11(5-9)17(18)19)20-8-13(16,7-15)10-2-3-10/h1,4-5,10H,2-3,8,16H2. The summed E-state index contributed by atoms with van der Waals surface area (Å²) in [7, 11) is 0. The minimum atomic E-state index is -1.12. The van der Waals surface area contributed by atoms with Gasteiger partial charge >= 0.3 is 5.69 Å². The fourth-order valence-corrected chi connectivity index (χ4v) is 1.89. The van der Waals surface area contributed by atoms with Crippen molar-refractivity contribution in [2.75, 3.05) is 6.61 Å². The minimum absolute atomic E-state index is 0.0136. The van der Waals surface area contributed by atoms with Crippen LogP contribution < -0.4 is 10.5 Å². The molecule has 1 aromatic rings. The number of benzene rings is 1. The van der Waals surface area contributed by atoms with Crippen LogP contribution in [0.1, 0.15) is 18.4 Å². The topological polar surface area (TPSA) is 126 Å². The van der Waals surface area contributed by atoms with Crippen molar-refractivity contribution in [1.82, 2.24) is 0 Å². The lowest BCUT2D eigenvalue weighted by molar-refractivity contribution is -0.385. The summed E-state index contributed by atoms with van der Waals surface area (Å²) in [5, 5.41) is 28.8. The molecule has 0 radical (unpaired) electrons. The van der Waals surface area contributed by atoms with Crippen molar-refractivity contribution in [2.24, 2.45) is 11.7 Å². The Labute approximate surface area is 115 Å². The fourth-order valence-electron chi connectivity index (χ4n) is 1.89. The highest BCUT2D eigenvalue weighted by Crippen LogP contribution is 2.38. The molecule has 0 saturated heterocycles. The monoisotopic (exact) mass is 272 g/mol. The van der Waals surface area contributed by atoms with Gasteiger partial charge < -0.3 is 10.5 Å². The van der Waals surface area contributed by atoms with Gasteiger partial charge in [-0.25, -0.2) is 0 Å². The van der Waals surface area contributed by atoms with E-state index in [1.807, 2.05) is 12.1 Å². The van der Waals surface area contributed by atoms with Crippen LogP contribution in [0.25, 0.3) is 0 Å². The molecule has 102 valence electrons. The smallest absolute Gasteiger partial charge is 0.312 e. The summed E-state index contributed by atoms with van der Waals surface area (Å²) in [6, 6.07) is 7.74. The van der Waals surface area contributed by atoms with E-state index < -0.39 is 10.5 Å². The van der Waals surface area contributed by atoms with E-state index in [1.54, 1.807) is 0 Å². The van der Waals surface area contributed by atoms with Gasteiger partial charge in [-0.1, -0.05) is 0 Å². The maximum absolute atomic E-state index is 11.0. The maximum atomic E-state index is 11.0. The molecule has 0 aromatic heterocycles. The molecule has 1 atom stereocenters. The van der Waals surface area contributed by atoms with Gasteiger partial charge in [-0.15, -0.1) is 0 Å². The highest BCUT2D eigenvalue weighted by Gasteiger charge is 2.43. The number of nitro groups is 1. The summed E-state index contributed by atoms with van der Waals surface area (Å²) in [6.07, 6.45) is 1.73. The average molecular weight is 272 g/mol. The summed E-state index contributed by atoms with van der Waals surface area (Å²) in [6.45, 7) is -0.110. The molecule has 1 aliphatic carbocycles. The molecule has 1 aliphatic rings. The summed E-state index contributed by atoms with van der Waals surface area (Å²) >= 11 is 0. The number of ether oxygens (including phenoxy) is 1. The number of hydrogen-bond donors (Lipinski definition) is 1. The van der Waals surface area contributed by atoms with Gasteiger partial charge in [0.2, 0.25) is 0 Å². The summed E-state index contributed by atoms with van der Waals surface area (Å²) in [5.74, 6) is 0.0877. The van der Waals surface area contributed by atoms with Crippen LogP contribution in [-0.4, -0.2) is 17.1 Å². The molecule has 1 saturated carbocycles. The van der Waals surface area contributed by atoms with Crippen molar-refractivity contribution in [3.8, 4) is 17.9 Å². The van der Waals surface area contributed by atoms with E-state index in [2.05, 4.69) is 0 Å². The predicted octanol–water partition coefficient (Wildman–Crippen LogP) is 1.48. The molecule has 2 N–H and O–H groups in total. The second-order valence-corrected chi connectivity index (χ2v) is 4.77. The van der Waals surface area contributed by atoms with Gasteiger partial charge in [-0.2, -0.15) is 10.5 Å². The van der Waals surface area contributed by atoms with Gasteiger partial charge in [0.25, 0.3) is 0 Å². The fraction of sp³-hybridized carbons (Fsp3) is 0.385. The zero-order chi connectivity index (χ0) is 14.8. The highest BCUT2D eigenvalue weighted by atomic mass is 16.6. The van der Waals surface area contributed by atoms with Gasteiger partial charge in [0.15, 0.2) is 5.75 Å². The number of nitrogens with two attached hydrogens (primary N) is 1. The van der Waals surface area contributed by atoms with E-state index in [0.717, 1.165) is 18.9 Å². The number of hydrogen-bond acceptors (Lipinski definition) is 6. The molecule has 0 spiro atoms.